The van der Waals surface area contributed by atoms with Gasteiger partial charge in [-0.15, -0.1) is 0 Å². The van der Waals surface area contributed by atoms with Gasteiger partial charge in [0.25, 0.3) is 0 Å². The van der Waals surface area contributed by atoms with Gasteiger partial charge < -0.3 is 15.5 Å². The highest BCUT2D eigenvalue weighted by Crippen LogP contribution is 2.41. The Morgan fingerprint density at radius 3 is 2.45 bits per heavy atom. The predicted molar refractivity (Wildman–Crippen MR) is 107 cm³/mol. The molecule has 4 rings (SSSR count). The van der Waals surface area contributed by atoms with Crippen LogP contribution in [0.4, 0.5) is 4.79 Å². The molecule has 9 nitrogen and oxygen atoms in total. The number of amides is 3. The Kier molecular flexibility index (Phi) is 5.06. The third kappa shape index (κ3) is 3.73. The molecule has 0 aromatic carbocycles. The van der Waals surface area contributed by atoms with Gasteiger partial charge >= 0.3 is 6.03 Å². The lowest BCUT2D eigenvalue weighted by Gasteiger charge is -2.25. The fourth-order valence-corrected chi connectivity index (χ4v) is 4.29. The fourth-order valence-electron chi connectivity index (χ4n) is 4.29. The Hall–Kier alpha value is -2.84. The molecule has 0 unspecified atom stereocenters. The summed E-state index contributed by atoms with van der Waals surface area (Å²) in [4.78, 5) is 26.5. The molecule has 0 radical (unpaired) electrons. The van der Waals surface area contributed by atoms with Crippen LogP contribution < -0.4 is 10.6 Å². The van der Waals surface area contributed by atoms with Crippen molar-refractivity contribution in [2.24, 2.45) is 20.0 Å². The number of hydrogen-bond donors (Lipinski definition) is 2. The van der Waals surface area contributed by atoms with Crippen LogP contribution in [0, 0.1) is 12.8 Å². The first kappa shape index (κ1) is 19.5. The predicted octanol–water partition coefficient (Wildman–Crippen LogP) is 1.36. The van der Waals surface area contributed by atoms with E-state index in [9.17, 15) is 9.59 Å². The monoisotopic (exact) mass is 399 g/mol. The highest BCUT2D eigenvalue weighted by molar-refractivity contribution is 5.80. The van der Waals surface area contributed by atoms with Gasteiger partial charge in [0.15, 0.2) is 0 Å². The maximum Gasteiger partial charge on any atom is 0.315 e. The minimum Gasteiger partial charge on any atom is -0.338 e. The Morgan fingerprint density at radius 2 is 1.79 bits per heavy atom. The average Bonchev–Trinajstić information content (AvgIpc) is 3.33. The van der Waals surface area contributed by atoms with Gasteiger partial charge in [-0.2, -0.15) is 10.2 Å². The van der Waals surface area contributed by atoms with E-state index in [2.05, 4.69) is 20.8 Å². The number of carbonyl (C=O) groups excluding carboxylic acids is 2. The summed E-state index contributed by atoms with van der Waals surface area (Å²) >= 11 is 0. The topological polar surface area (TPSA) is 97.1 Å². The molecular weight excluding hydrogens is 370 g/mol. The Balaban J connectivity index is 1.36. The second-order valence-electron chi connectivity index (χ2n) is 8.23. The van der Waals surface area contributed by atoms with E-state index < -0.39 is 0 Å². The zero-order valence-corrected chi connectivity index (χ0v) is 17.5. The molecule has 1 aliphatic carbocycles. The van der Waals surface area contributed by atoms with Gasteiger partial charge in [-0.25, -0.2) is 4.79 Å². The molecule has 2 aromatic heterocycles. The first-order valence-electron chi connectivity index (χ1n) is 10.1. The maximum atomic E-state index is 12.4. The molecular formula is C20H29N7O2. The lowest BCUT2D eigenvalue weighted by atomic mass is 9.94. The molecule has 0 bridgehead atoms. The van der Waals surface area contributed by atoms with Crippen molar-refractivity contribution in [3.05, 3.63) is 34.9 Å². The highest BCUT2D eigenvalue weighted by Gasteiger charge is 2.40. The van der Waals surface area contributed by atoms with Gasteiger partial charge in [0.1, 0.15) is 0 Å². The van der Waals surface area contributed by atoms with Crippen molar-refractivity contribution >= 4 is 11.9 Å². The lowest BCUT2D eigenvalue weighted by Crippen LogP contribution is -2.39. The summed E-state index contributed by atoms with van der Waals surface area (Å²) in [6.45, 7) is 2.88. The Labute approximate surface area is 170 Å². The molecule has 0 spiro atoms. The summed E-state index contributed by atoms with van der Waals surface area (Å²) < 4.78 is 3.65. The number of hydrogen-bond acceptors (Lipinski definition) is 4. The molecule has 1 saturated carbocycles. The van der Waals surface area contributed by atoms with E-state index in [1.54, 1.807) is 4.90 Å². The van der Waals surface area contributed by atoms with E-state index >= 15 is 0 Å². The lowest BCUT2D eigenvalue weighted by molar-refractivity contribution is -0.127. The Bertz CT molecular complexity index is 927. The summed E-state index contributed by atoms with van der Waals surface area (Å²) in [7, 11) is 5.62. The van der Waals surface area contributed by atoms with E-state index in [4.69, 9.17) is 0 Å². The molecule has 156 valence electrons. The molecule has 3 heterocycles. The number of carbonyl (C=O) groups is 2. The van der Waals surface area contributed by atoms with E-state index in [1.165, 1.54) is 18.4 Å². The van der Waals surface area contributed by atoms with Gasteiger partial charge in [0.05, 0.1) is 30.7 Å². The van der Waals surface area contributed by atoms with Crippen LogP contribution in [0.25, 0.3) is 0 Å². The summed E-state index contributed by atoms with van der Waals surface area (Å²) in [6, 6.07) is -0.299. The first-order valence-corrected chi connectivity index (χ1v) is 10.1. The quantitative estimate of drug-likeness (QED) is 0.766. The van der Waals surface area contributed by atoms with Crippen LogP contribution in [0.3, 0.4) is 0 Å². The molecule has 2 fully saturated rings. The van der Waals surface area contributed by atoms with Gasteiger partial charge in [-0.05, 0) is 31.2 Å². The van der Waals surface area contributed by atoms with Crippen LogP contribution in [-0.4, -0.2) is 50.0 Å². The highest BCUT2D eigenvalue weighted by atomic mass is 16.2. The number of aromatic nitrogens is 4. The Morgan fingerprint density at radius 1 is 1.10 bits per heavy atom. The molecule has 2 atom stereocenters. The maximum absolute atomic E-state index is 12.4. The van der Waals surface area contributed by atoms with E-state index in [1.807, 2.05) is 49.8 Å². The van der Waals surface area contributed by atoms with Crippen LogP contribution in [0.1, 0.15) is 53.7 Å². The van der Waals surface area contributed by atoms with E-state index in [-0.39, 0.29) is 23.9 Å². The minimum atomic E-state index is -0.225. The number of rotatable bonds is 6. The average molecular weight is 399 g/mol. The molecule has 9 heteroatoms. The SMILES string of the molecule is Cc1c([C@H]2[C@H](CNC(=O)NCc3c(C4CC4)cnn3C)CC(=O)N2C)cnn1C. The molecule has 2 N–H and O–H groups in total. The summed E-state index contributed by atoms with van der Waals surface area (Å²) in [6.07, 6.45) is 6.55. The minimum absolute atomic E-state index is 0.0138. The van der Waals surface area contributed by atoms with Crippen molar-refractivity contribution in [3.8, 4) is 0 Å². The van der Waals surface area contributed by atoms with Gasteiger partial charge in [0, 0.05) is 51.3 Å². The van der Waals surface area contributed by atoms with E-state index in [0.717, 1.165) is 17.0 Å². The number of nitrogens with one attached hydrogen (secondary N) is 2. The molecule has 2 aliphatic rings. The van der Waals surface area contributed by atoms with Crippen molar-refractivity contribution < 1.29 is 9.59 Å². The zero-order chi connectivity index (χ0) is 20.7. The largest absolute Gasteiger partial charge is 0.338 e. The third-order valence-corrected chi connectivity index (χ3v) is 6.34. The van der Waals surface area contributed by atoms with Gasteiger partial charge in [-0.1, -0.05) is 0 Å². The van der Waals surface area contributed by atoms with Crippen LogP contribution in [0.2, 0.25) is 0 Å². The summed E-state index contributed by atoms with van der Waals surface area (Å²) in [5, 5.41) is 14.5. The summed E-state index contributed by atoms with van der Waals surface area (Å²) in [5.41, 5.74) is 4.37. The molecule has 1 saturated heterocycles. The van der Waals surface area contributed by atoms with Gasteiger partial charge in [0.2, 0.25) is 5.91 Å². The van der Waals surface area contributed by atoms with Crippen molar-refractivity contribution in [2.75, 3.05) is 13.6 Å². The van der Waals surface area contributed by atoms with Crippen molar-refractivity contribution in [1.29, 1.82) is 0 Å². The number of likely N-dealkylation sites (tertiary alicyclic amines) is 1. The standard InChI is InChI=1S/C20H29N7O2/c1-12-15(9-23-26(12)3)19-14(7-18(28)25(19)2)8-21-20(29)22-11-17-16(13-5-6-13)10-24-27(17)4/h9-10,13-14,19H,5-8,11H2,1-4H3,(H2,21,22,29)/t14-,19+/m0/s1. The van der Waals surface area contributed by atoms with Crippen LogP contribution >= 0.6 is 0 Å². The number of urea groups is 1. The zero-order valence-electron chi connectivity index (χ0n) is 17.5. The molecule has 1 aliphatic heterocycles. The van der Waals surface area contributed by atoms with Gasteiger partial charge in [-0.3, -0.25) is 14.2 Å². The normalized spacial score (nSPS) is 21.7. The van der Waals surface area contributed by atoms with Crippen molar-refractivity contribution in [2.45, 2.75) is 44.7 Å². The number of aryl methyl sites for hydroxylation is 2. The fraction of sp³-hybridized carbons (Fsp3) is 0.600. The molecule has 29 heavy (non-hydrogen) atoms. The first-order chi connectivity index (χ1) is 13.9. The second-order valence-corrected chi connectivity index (χ2v) is 8.23. The smallest absolute Gasteiger partial charge is 0.315 e. The van der Waals surface area contributed by atoms with Crippen LogP contribution in [0.5, 0.6) is 0 Å². The van der Waals surface area contributed by atoms with E-state index in [0.29, 0.717) is 25.4 Å². The second kappa shape index (κ2) is 7.53. The number of nitrogens with zero attached hydrogens (tertiary/aromatic N) is 5. The van der Waals surface area contributed by atoms with Crippen LogP contribution in [0.15, 0.2) is 12.4 Å². The molecule has 2 aromatic rings. The van der Waals surface area contributed by atoms with Crippen molar-refractivity contribution in [1.82, 2.24) is 35.1 Å². The molecule has 3 amide bonds. The third-order valence-electron chi connectivity index (χ3n) is 6.34. The van der Waals surface area contributed by atoms with Crippen molar-refractivity contribution in [3.63, 3.8) is 0 Å². The summed E-state index contributed by atoms with van der Waals surface area (Å²) in [5.74, 6) is 0.696. The van der Waals surface area contributed by atoms with Crippen LogP contribution in [-0.2, 0) is 25.4 Å².